The first kappa shape index (κ1) is 25.4. The number of aliphatic hydroxyl groups excluding tert-OH is 2. The molecule has 2 aromatic carbocycles. The van der Waals surface area contributed by atoms with E-state index in [0.717, 1.165) is 34.5 Å². The van der Waals surface area contributed by atoms with Gasteiger partial charge in [0, 0.05) is 38.6 Å². The van der Waals surface area contributed by atoms with Crippen molar-refractivity contribution in [2.24, 2.45) is 0 Å². The summed E-state index contributed by atoms with van der Waals surface area (Å²) in [6.07, 6.45) is -0.599. The third kappa shape index (κ3) is 11.9. The summed E-state index contributed by atoms with van der Waals surface area (Å²) in [7, 11) is 0. The van der Waals surface area contributed by atoms with Gasteiger partial charge >= 0.3 is 0 Å². The van der Waals surface area contributed by atoms with Crippen molar-refractivity contribution >= 4 is 58.8 Å². The quantitative estimate of drug-likeness (QED) is 0.242. The minimum atomic E-state index is -0.303. The van der Waals surface area contributed by atoms with E-state index in [1.54, 1.807) is 23.5 Å². The highest BCUT2D eigenvalue weighted by Gasteiger charge is 2.14. The molecule has 3 unspecified atom stereocenters. The zero-order valence-electron chi connectivity index (χ0n) is 16.7. The molecule has 0 aliphatic rings. The highest BCUT2D eigenvalue weighted by molar-refractivity contribution is 8.18. The van der Waals surface area contributed by atoms with Crippen molar-refractivity contribution in [1.29, 1.82) is 0 Å². The summed E-state index contributed by atoms with van der Waals surface area (Å²) in [6.45, 7) is 2.18. The van der Waals surface area contributed by atoms with Crippen LogP contribution in [0.25, 0.3) is 0 Å². The van der Waals surface area contributed by atoms with E-state index in [2.05, 4.69) is 31.2 Å². The number of rotatable bonds is 15. The van der Waals surface area contributed by atoms with Crippen LogP contribution in [0.3, 0.4) is 0 Å². The zero-order valence-corrected chi connectivity index (χ0v) is 20.8. The van der Waals surface area contributed by atoms with Gasteiger partial charge in [-0.15, -0.1) is 47.0 Å². The molecule has 29 heavy (non-hydrogen) atoms. The van der Waals surface area contributed by atoms with Crippen LogP contribution >= 0.6 is 58.8 Å². The van der Waals surface area contributed by atoms with E-state index in [9.17, 15) is 10.2 Å². The molecule has 0 fully saturated rings. The van der Waals surface area contributed by atoms with E-state index in [1.807, 2.05) is 71.7 Å². The Balaban J connectivity index is 1.60. The van der Waals surface area contributed by atoms with E-state index in [-0.39, 0.29) is 12.2 Å². The fourth-order valence-corrected chi connectivity index (χ4v) is 8.39. The monoisotopic (exact) mass is 486 g/mol. The van der Waals surface area contributed by atoms with Crippen molar-refractivity contribution in [3.63, 3.8) is 0 Å². The summed E-state index contributed by atoms with van der Waals surface area (Å²) in [6, 6.07) is 20.5. The van der Waals surface area contributed by atoms with Crippen LogP contribution < -0.4 is 0 Å². The minimum Gasteiger partial charge on any atom is -0.391 e. The molecule has 7 heteroatoms. The lowest BCUT2D eigenvalue weighted by Gasteiger charge is -2.18. The van der Waals surface area contributed by atoms with E-state index < -0.39 is 0 Å². The molecule has 0 aliphatic carbocycles. The maximum absolute atomic E-state index is 10.3. The lowest BCUT2D eigenvalue weighted by molar-refractivity contribution is 0.224. The Hall–Kier alpha value is 0.110. The molecule has 0 aromatic heterocycles. The molecule has 0 bridgehead atoms. The second-order valence-corrected chi connectivity index (χ2v) is 12.6. The van der Waals surface area contributed by atoms with Crippen LogP contribution in [0.4, 0.5) is 0 Å². The lowest BCUT2D eigenvalue weighted by Crippen LogP contribution is -2.18. The van der Waals surface area contributed by atoms with Gasteiger partial charge in [-0.25, -0.2) is 0 Å². The topological polar surface area (TPSA) is 40.5 Å². The van der Waals surface area contributed by atoms with Gasteiger partial charge in [-0.3, -0.25) is 0 Å². The fourth-order valence-electron chi connectivity index (χ4n) is 2.36. The van der Waals surface area contributed by atoms with E-state index in [0.29, 0.717) is 4.58 Å². The first-order valence-corrected chi connectivity index (χ1v) is 14.9. The summed E-state index contributed by atoms with van der Waals surface area (Å²) in [4.78, 5) is 2.41. The van der Waals surface area contributed by atoms with Crippen LogP contribution in [0.2, 0.25) is 0 Å². The van der Waals surface area contributed by atoms with Crippen molar-refractivity contribution in [2.45, 2.75) is 33.5 Å². The van der Waals surface area contributed by atoms with Gasteiger partial charge in [0.1, 0.15) is 0 Å². The van der Waals surface area contributed by atoms with Crippen LogP contribution in [0, 0.1) is 0 Å². The maximum atomic E-state index is 10.3. The van der Waals surface area contributed by atoms with Crippen molar-refractivity contribution in [3.05, 3.63) is 60.7 Å². The molecule has 2 rings (SSSR count). The number of hydrogen-bond acceptors (Lipinski definition) is 7. The van der Waals surface area contributed by atoms with Gasteiger partial charge < -0.3 is 10.2 Å². The molecular formula is C22H30O2S5. The van der Waals surface area contributed by atoms with Gasteiger partial charge in [-0.05, 0) is 30.0 Å². The second-order valence-electron chi connectivity index (χ2n) is 6.31. The largest absolute Gasteiger partial charge is 0.391 e. The second kappa shape index (κ2) is 15.8. The summed E-state index contributed by atoms with van der Waals surface area (Å²) in [5.41, 5.74) is 0. The van der Waals surface area contributed by atoms with Crippen molar-refractivity contribution in [1.82, 2.24) is 0 Å². The first-order chi connectivity index (χ1) is 14.2. The highest BCUT2D eigenvalue weighted by atomic mass is 32.2. The molecule has 2 N–H and O–H groups in total. The fraction of sp³-hybridized carbons (Fsp3) is 0.455. The molecule has 0 radical (unpaired) electrons. The molecule has 160 valence electrons. The molecule has 0 heterocycles. The van der Waals surface area contributed by atoms with E-state index in [1.165, 1.54) is 9.79 Å². The van der Waals surface area contributed by atoms with E-state index >= 15 is 0 Å². The smallest absolute Gasteiger partial charge is 0.0724 e. The Morgan fingerprint density at radius 1 is 0.655 bits per heavy atom. The van der Waals surface area contributed by atoms with Crippen molar-refractivity contribution in [3.8, 4) is 0 Å². The predicted octanol–water partition coefficient (Wildman–Crippen LogP) is 5.84. The van der Waals surface area contributed by atoms with Gasteiger partial charge in [0.15, 0.2) is 0 Å². The Morgan fingerprint density at radius 3 is 1.69 bits per heavy atom. The predicted molar refractivity (Wildman–Crippen MR) is 138 cm³/mol. The maximum Gasteiger partial charge on any atom is 0.0724 e. The molecule has 0 aliphatic heterocycles. The van der Waals surface area contributed by atoms with Crippen LogP contribution in [-0.4, -0.2) is 61.5 Å². The Labute approximate surface area is 196 Å². The summed E-state index contributed by atoms with van der Waals surface area (Å²) in [5.74, 6) is 5.03. The van der Waals surface area contributed by atoms with Gasteiger partial charge in [-0.2, -0.15) is 11.8 Å². The van der Waals surface area contributed by atoms with Crippen LogP contribution in [0.15, 0.2) is 70.5 Å². The summed E-state index contributed by atoms with van der Waals surface area (Å²) < 4.78 is 0.454. The molecule has 0 saturated heterocycles. The highest BCUT2D eigenvalue weighted by Crippen LogP contribution is 2.29. The molecule has 0 spiro atoms. The van der Waals surface area contributed by atoms with Gasteiger partial charge in [-0.1, -0.05) is 43.3 Å². The van der Waals surface area contributed by atoms with Gasteiger partial charge in [0.2, 0.25) is 0 Å². The first-order valence-electron chi connectivity index (χ1n) is 9.70. The molecule has 2 aromatic rings. The summed E-state index contributed by atoms with van der Waals surface area (Å²) in [5, 5.41) is 20.6. The molecule has 0 saturated carbocycles. The minimum absolute atomic E-state index is 0.296. The zero-order chi connectivity index (χ0) is 20.7. The number of benzene rings is 2. The average molecular weight is 487 g/mol. The summed E-state index contributed by atoms with van der Waals surface area (Å²) >= 11 is 9.00. The molecule has 3 atom stereocenters. The van der Waals surface area contributed by atoms with Crippen molar-refractivity contribution < 1.29 is 10.2 Å². The van der Waals surface area contributed by atoms with Gasteiger partial charge in [0.05, 0.1) is 16.8 Å². The van der Waals surface area contributed by atoms with Gasteiger partial charge in [0.25, 0.3) is 0 Å². The van der Waals surface area contributed by atoms with Crippen LogP contribution in [-0.2, 0) is 0 Å². The Morgan fingerprint density at radius 2 is 1.17 bits per heavy atom. The number of thioether (sulfide) groups is 5. The lowest BCUT2D eigenvalue weighted by atomic mass is 10.4. The molecular weight excluding hydrogens is 457 g/mol. The third-order valence-electron chi connectivity index (χ3n) is 3.76. The molecule has 0 amide bonds. The van der Waals surface area contributed by atoms with Crippen LogP contribution in [0.5, 0.6) is 0 Å². The van der Waals surface area contributed by atoms with Crippen LogP contribution in [0.1, 0.15) is 6.92 Å². The van der Waals surface area contributed by atoms with Crippen molar-refractivity contribution in [2.75, 3.05) is 34.5 Å². The van der Waals surface area contributed by atoms with E-state index in [4.69, 9.17) is 0 Å². The standard InChI is InChI=1S/C22H30O2S5/c1-2-26-22(29-16-19(24)15-28-21-11-7-4-8-12-21)17-25-13-18(23)14-27-20-9-5-3-6-10-20/h3-12,18-19,22-24H,2,13-17H2,1H3. The number of hydrogen-bond donors (Lipinski definition) is 2. The normalized spacial score (nSPS) is 14.4. The Bertz CT molecular complexity index is 644. The third-order valence-corrected chi connectivity index (χ3v) is 10.5. The number of aliphatic hydroxyl groups is 2. The Kier molecular flexibility index (Phi) is 13.9. The average Bonchev–Trinajstić information content (AvgIpc) is 2.76. The SMILES string of the molecule is CCSC(CSCC(O)CSc1ccccc1)SCC(O)CSc1ccccc1. The molecule has 2 nitrogen and oxygen atoms in total.